The summed E-state index contributed by atoms with van der Waals surface area (Å²) in [5, 5.41) is 27.4. The second kappa shape index (κ2) is 8.08. The third kappa shape index (κ3) is 3.55. The first-order valence-electron chi connectivity index (χ1n) is 10.8. The van der Waals surface area contributed by atoms with Gasteiger partial charge in [-0.15, -0.1) is 0 Å². The molecule has 4 aromatic rings. The number of carbonyl (C=O) groups is 2. The van der Waals surface area contributed by atoms with E-state index in [0.29, 0.717) is 11.4 Å². The number of phenolic OH excluding ortho intramolecular Hbond substituents is 2. The van der Waals surface area contributed by atoms with Crippen molar-refractivity contribution in [1.29, 1.82) is 0 Å². The van der Waals surface area contributed by atoms with Crippen LogP contribution in [0.3, 0.4) is 0 Å². The fourth-order valence-electron chi connectivity index (χ4n) is 4.16. The van der Waals surface area contributed by atoms with Gasteiger partial charge in [-0.2, -0.15) is 0 Å². The van der Waals surface area contributed by atoms with E-state index in [2.05, 4.69) is 10.6 Å². The number of carbonyl (C=O) groups excluding carboxylic acids is 2. The Morgan fingerprint density at radius 2 is 0.853 bits per heavy atom. The first-order valence-corrected chi connectivity index (χ1v) is 10.8. The van der Waals surface area contributed by atoms with Gasteiger partial charge in [0.05, 0.1) is 33.6 Å². The van der Waals surface area contributed by atoms with Crippen molar-refractivity contribution in [3.05, 3.63) is 106 Å². The summed E-state index contributed by atoms with van der Waals surface area (Å²) in [4.78, 5) is 27.3. The van der Waals surface area contributed by atoms with E-state index < -0.39 is 11.6 Å². The molecule has 34 heavy (non-hydrogen) atoms. The molecular formula is C28H22N2O4. The number of phenols is 2. The van der Waals surface area contributed by atoms with Crippen LogP contribution in [0.15, 0.2) is 72.8 Å². The number of ketones is 2. The number of hydrogen-bond donors (Lipinski definition) is 4. The van der Waals surface area contributed by atoms with Crippen molar-refractivity contribution in [1.82, 2.24) is 0 Å². The maximum Gasteiger partial charge on any atom is 0.202 e. The van der Waals surface area contributed by atoms with Crippen molar-refractivity contribution in [2.45, 2.75) is 13.8 Å². The van der Waals surface area contributed by atoms with E-state index in [1.54, 1.807) is 12.1 Å². The Labute approximate surface area is 196 Å². The number of fused-ring (bicyclic) bond motifs is 2. The fraction of sp³-hybridized carbons (Fsp3) is 0.0714. The SMILES string of the molecule is Cc1ccc(Nc2ccc(O)c3c2C(=O)c2c(Nc4ccc(C)cc4)ccc(O)c2C3=O)cc1. The van der Waals surface area contributed by atoms with Crippen molar-refractivity contribution >= 4 is 34.3 Å². The zero-order valence-corrected chi connectivity index (χ0v) is 18.6. The van der Waals surface area contributed by atoms with Crippen LogP contribution in [0.5, 0.6) is 11.5 Å². The van der Waals surface area contributed by atoms with Crippen molar-refractivity contribution in [2.24, 2.45) is 0 Å². The first kappa shape index (κ1) is 21.3. The molecule has 6 heteroatoms. The highest BCUT2D eigenvalue weighted by Gasteiger charge is 2.38. The van der Waals surface area contributed by atoms with Gasteiger partial charge in [-0.25, -0.2) is 0 Å². The van der Waals surface area contributed by atoms with Crippen LogP contribution in [0.2, 0.25) is 0 Å². The molecule has 0 heterocycles. The molecule has 0 fully saturated rings. The first-order chi connectivity index (χ1) is 16.3. The number of hydrogen-bond acceptors (Lipinski definition) is 6. The van der Waals surface area contributed by atoms with Crippen LogP contribution in [0.4, 0.5) is 22.7 Å². The molecule has 0 aromatic heterocycles. The zero-order chi connectivity index (χ0) is 24.0. The molecule has 168 valence electrons. The van der Waals surface area contributed by atoms with Crippen LogP contribution in [0.1, 0.15) is 43.0 Å². The Balaban J connectivity index is 1.65. The molecule has 1 aliphatic rings. The summed E-state index contributed by atoms with van der Waals surface area (Å²) in [5.41, 5.74) is 4.30. The summed E-state index contributed by atoms with van der Waals surface area (Å²) in [6, 6.07) is 21.1. The zero-order valence-electron chi connectivity index (χ0n) is 18.6. The molecule has 0 radical (unpaired) electrons. The minimum Gasteiger partial charge on any atom is -0.507 e. The summed E-state index contributed by atoms with van der Waals surface area (Å²) in [5.74, 6) is -1.71. The van der Waals surface area contributed by atoms with Gasteiger partial charge in [0.1, 0.15) is 11.5 Å². The van der Waals surface area contributed by atoms with Crippen LogP contribution >= 0.6 is 0 Å². The largest absolute Gasteiger partial charge is 0.507 e. The average Bonchev–Trinajstić information content (AvgIpc) is 2.82. The van der Waals surface area contributed by atoms with Gasteiger partial charge < -0.3 is 20.8 Å². The predicted octanol–water partition coefficient (Wildman–Crippen LogP) is 5.98. The molecule has 0 unspecified atom stereocenters. The summed E-state index contributed by atoms with van der Waals surface area (Å²) in [6.45, 7) is 3.95. The second-order valence-electron chi connectivity index (χ2n) is 8.40. The van der Waals surface area contributed by atoms with Gasteiger partial charge in [-0.1, -0.05) is 35.4 Å². The maximum absolute atomic E-state index is 13.8. The molecule has 4 aromatic carbocycles. The monoisotopic (exact) mass is 450 g/mol. The van der Waals surface area contributed by atoms with Gasteiger partial charge in [-0.3, -0.25) is 9.59 Å². The number of benzene rings is 4. The lowest BCUT2D eigenvalue weighted by Gasteiger charge is -2.24. The number of anilines is 4. The van der Waals surface area contributed by atoms with Crippen molar-refractivity contribution in [3.8, 4) is 11.5 Å². The van der Waals surface area contributed by atoms with E-state index >= 15 is 0 Å². The summed E-state index contributed by atoms with van der Waals surface area (Å²) < 4.78 is 0. The molecule has 5 rings (SSSR count). The van der Waals surface area contributed by atoms with Crippen molar-refractivity contribution < 1.29 is 19.8 Å². The van der Waals surface area contributed by atoms with E-state index in [-0.39, 0.29) is 33.8 Å². The average molecular weight is 450 g/mol. The normalized spacial score (nSPS) is 12.2. The molecule has 6 nitrogen and oxygen atoms in total. The van der Waals surface area contributed by atoms with E-state index in [1.807, 2.05) is 62.4 Å². The quantitative estimate of drug-likeness (QED) is 0.252. The molecule has 0 saturated carbocycles. The van der Waals surface area contributed by atoms with E-state index in [0.717, 1.165) is 22.5 Å². The van der Waals surface area contributed by atoms with Crippen LogP contribution in [-0.2, 0) is 0 Å². The molecule has 0 aliphatic heterocycles. The van der Waals surface area contributed by atoms with Crippen LogP contribution in [0.25, 0.3) is 0 Å². The maximum atomic E-state index is 13.8. The lowest BCUT2D eigenvalue weighted by atomic mass is 9.81. The summed E-state index contributed by atoms with van der Waals surface area (Å²) in [7, 11) is 0. The van der Waals surface area contributed by atoms with E-state index in [9.17, 15) is 19.8 Å². The fourth-order valence-corrected chi connectivity index (χ4v) is 4.16. The lowest BCUT2D eigenvalue weighted by molar-refractivity contribution is 0.0975. The molecular weight excluding hydrogens is 428 g/mol. The topological polar surface area (TPSA) is 98.7 Å². The number of aromatic hydroxyl groups is 2. The van der Waals surface area contributed by atoms with Gasteiger partial charge in [0.25, 0.3) is 0 Å². The van der Waals surface area contributed by atoms with Gasteiger partial charge in [0.15, 0.2) is 5.78 Å². The third-order valence-corrected chi connectivity index (χ3v) is 5.94. The molecule has 0 saturated heterocycles. The molecule has 0 spiro atoms. The third-order valence-electron chi connectivity index (χ3n) is 5.94. The smallest absolute Gasteiger partial charge is 0.202 e. The van der Waals surface area contributed by atoms with Gasteiger partial charge >= 0.3 is 0 Å². The minimum atomic E-state index is -0.611. The van der Waals surface area contributed by atoms with Crippen molar-refractivity contribution in [2.75, 3.05) is 10.6 Å². The molecule has 1 aliphatic carbocycles. The minimum absolute atomic E-state index is 0.0654. The Morgan fingerprint density at radius 1 is 0.500 bits per heavy atom. The summed E-state index contributed by atoms with van der Waals surface area (Å²) in [6.07, 6.45) is 0. The van der Waals surface area contributed by atoms with Gasteiger partial charge in [-0.05, 0) is 62.4 Å². The Bertz CT molecular complexity index is 1350. The Morgan fingerprint density at radius 3 is 1.24 bits per heavy atom. The Hall–Kier alpha value is -4.58. The highest BCUT2D eigenvalue weighted by molar-refractivity contribution is 6.33. The lowest BCUT2D eigenvalue weighted by Crippen LogP contribution is -2.23. The van der Waals surface area contributed by atoms with Gasteiger partial charge in [0, 0.05) is 11.4 Å². The van der Waals surface area contributed by atoms with Crippen LogP contribution in [-0.4, -0.2) is 21.8 Å². The highest BCUT2D eigenvalue weighted by Crippen LogP contribution is 2.43. The molecule has 4 N–H and O–H groups in total. The van der Waals surface area contributed by atoms with Crippen molar-refractivity contribution in [3.63, 3.8) is 0 Å². The highest BCUT2D eigenvalue weighted by atomic mass is 16.3. The second-order valence-corrected chi connectivity index (χ2v) is 8.40. The number of nitrogens with one attached hydrogen (secondary N) is 2. The predicted molar refractivity (Wildman–Crippen MR) is 132 cm³/mol. The van der Waals surface area contributed by atoms with Gasteiger partial charge in [0.2, 0.25) is 5.78 Å². The molecule has 0 amide bonds. The number of aryl methyl sites for hydroxylation is 2. The van der Waals surface area contributed by atoms with Crippen LogP contribution < -0.4 is 10.6 Å². The number of rotatable bonds is 4. The molecule has 0 atom stereocenters. The van der Waals surface area contributed by atoms with E-state index in [4.69, 9.17) is 0 Å². The van der Waals surface area contributed by atoms with E-state index in [1.165, 1.54) is 12.1 Å². The standard InChI is InChI=1S/C28H22N2O4/c1-15-3-7-17(8-4-15)29-19-11-13-21(31)25-23(19)27(33)24-20(12-14-22(32)26(24)28(25)34)30-18-9-5-16(2)6-10-18/h3-14,29-32H,1-2H3. The molecule has 0 bridgehead atoms. The summed E-state index contributed by atoms with van der Waals surface area (Å²) >= 11 is 0. The Kier molecular flexibility index (Phi) is 5.06. The van der Waals surface area contributed by atoms with Crippen LogP contribution in [0, 0.1) is 13.8 Å².